The summed E-state index contributed by atoms with van der Waals surface area (Å²) in [5.41, 5.74) is 0.701. The Labute approximate surface area is 102 Å². The lowest BCUT2D eigenvalue weighted by Crippen LogP contribution is -2.38. The van der Waals surface area contributed by atoms with Crippen LogP contribution in [0.5, 0.6) is 0 Å². The summed E-state index contributed by atoms with van der Waals surface area (Å²) in [5, 5.41) is 0. The molecule has 2 nitrogen and oxygen atoms in total. The van der Waals surface area contributed by atoms with Crippen molar-refractivity contribution >= 4 is 12.1 Å². The van der Waals surface area contributed by atoms with Crippen molar-refractivity contribution in [1.29, 1.82) is 0 Å². The van der Waals surface area contributed by atoms with Crippen LogP contribution in [0.4, 0.5) is 0 Å². The number of carbonyl (C=O) groups excluding carboxylic acids is 2. The number of benzene rings is 1. The van der Waals surface area contributed by atoms with E-state index in [1.54, 1.807) is 0 Å². The molecule has 90 valence electrons. The SMILES string of the molecule is O=CCC[C@]1(c2ccccc2)CCCCC1=O. The van der Waals surface area contributed by atoms with Gasteiger partial charge in [-0.2, -0.15) is 0 Å². The Hall–Kier alpha value is -1.44. The predicted molar refractivity (Wildman–Crippen MR) is 66.9 cm³/mol. The van der Waals surface area contributed by atoms with Crippen molar-refractivity contribution in [3.63, 3.8) is 0 Å². The molecule has 0 aromatic heterocycles. The molecule has 1 atom stereocenters. The van der Waals surface area contributed by atoms with Gasteiger partial charge in [0.25, 0.3) is 0 Å². The van der Waals surface area contributed by atoms with Crippen molar-refractivity contribution in [2.45, 2.75) is 43.9 Å². The molecule has 0 spiro atoms. The second-order valence-electron chi connectivity index (χ2n) is 4.78. The molecule has 0 heterocycles. The lowest BCUT2D eigenvalue weighted by molar-refractivity contribution is -0.127. The van der Waals surface area contributed by atoms with E-state index < -0.39 is 0 Å². The fraction of sp³-hybridized carbons (Fsp3) is 0.467. The fourth-order valence-electron chi connectivity index (χ4n) is 2.87. The highest BCUT2D eigenvalue weighted by molar-refractivity contribution is 5.91. The first-order valence-electron chi connectivity index (χ1n) is 6.32. The minimum Gasteiger partial charge on any atom is -0.303 e. The first-order chi connectivity index (χ1) is 8.29. The number of hydrogen-bond acceptors (Lipinski definition) is 2. The van der Waals surface area contributed by atoms with Gasteiger partial charge in [-0.25, -0.2) is 0 Å². The zero-order valence-corrected chi connectivity index (χ0v) is 10.0. The van der Waals surface area contributed by atoms with Crippen LogP contribution in [0, 0.1) is 0 Å². The Balaban J connectivity index is 2.35. The van der Waals surface area contributed by atoms with Gasteiger partial charge in [-0.15, -0.1) is 0 Å². The molecule has 1 saturated carbocycles. The van der Waals surface area contributed by atoms with Crippen LogP contribution in [-0.4, -0.2) is 12.1 Å². The molecule has 0 saturated heterocycles. The summed E-state index contributed by atoms with van der Waals surface area (Å²) in [7, 11) is 0. The van der Waals surface area contributed by atoms with E-state index in [-0.39, 0.29) is 5.41 Å². The van der Waals surface area contributed by atoms with Gasteiger partial charge in [0.1, 0.15) is 12.1 Å². The Bertz CT molecular complexity index is 397. The van der Waals surface area contributed by atoms with Crippen LogP contribution < -0.4 is 0 Å². The highest BCUT2D eigenvalue weighted by atomic mass is 16.1. The quantitative estimate of drug-likeness (QED) is 0.745. The number of ketones is 1. The maximum absolute atomic E-state index is 12.3. The summed E-state index contributed by atoms with van der Waals surface area (Å²) in [6.07, 6.45) is 5.69. The number of aldehydes is 1. The summed E-state index contributed by atoms with van der Waals surface area (Å²) >= 11 is 0. The van der Waals surface area contributed by atoms with Crippen LogP contribution in [0.1, 0.15) is 44.1 Å². The molecule has 2 rings (SSSR count). The lowest BCUT2D eigenvalue weighted by Gasteiger charge is -2.36. The van der Waals surface area contributed by atoms with Crippen LogP contribution in [0.25, 0.3) is 0 Å². The molecule has 1 aliphatic carbocycles. The van der Waals surface area contributed by atoms with Crippen molar-refractivity contribution in [3.05, 3.63) is 35.9 Å². The van der Waals surface area contributed by atoms with E-state index in [1.807, 2.05) is 30.3 Å². The molecule has 1 aromatic rings. The molecule has 0 unspecified atom stereocenters. The molecule has 0 amide bonds. The van der Waals surface area contributed by atoms with E-state index in [2.05, 4.69) is 0 Å². The zero-order chi connectivity index (χ0) is 12.1. The average molecular weight is 230 g/mol. The average Bonchev–Trinajstić information content (AvgIpc) is 2.39. The van der Waals surface area contributed by atoms with E-state index in [4.69, 9.17) is 0 Å². The van der Waals surface area contributed by atoms with Gasteiger partial charge in [0.05, 0.1) is 5.41 Å². The Morgan fingerprint density at radius 2 is 1.94 bits per heavy atom. The molecule has 1 aliphatic rings. The molecule has 0 bridgehead atoms. The van der Waals surface area contributed by atoms with Gasteiger partial charge >= 0.3 is 0 Å². The van der Waals surface area contributed by atoms with Crippen molar-refractivity contribution in [1.82, 2.24) is 0 Å². The molecular formula is C15H18O2. The monoisotopic (exact) mass is 230 g/mol. The molecule has 2 heteroatoms. The smallest absolute Gasteiger partial charge is 0.143 e. The van der Waals surface area contributed by atoms with Gasteiger partial charge in [-0.1, -0.05) is 36.8 Å². The van der Waals surface area contributed by atoms with Gasteiger partial charge in [-0.3, -0.25) is 4.79 Å². The van der Waals surface area contributed by atoms with Crippen molar-refractivity contribution in [2.24, 2.45) is 0 Å². The maximum Gasteiger partial charge on any atom is 0.143 e. The molecule has 0 radical (unpaired) electrons. The summed E-state index contributed by atoms with van der Waals surface area (Å²) in [5.74, 6) is 0.316. The topological polar surface area (TPSA) is 34.1 Å². The molecule has 1 aromatic carbocycles. The summed E-state index contributed by atoms with van der Waals surface area (Å²) in [4.78, 5) is 22.9. The molecule has 17 heavy (non-hydrogen) atoms. The molecule has 0 aliphatic heterocycles. The third-order valence-corrected chi connectivity index (χ3v) is 3.81. The van der Waals surface area contributed by atoms with E-state index in [0.29, 0.717) is 25.0 Å². The van der Waals surface area contributed by atoms with Gasteiger partial charge in [-0.05, 0) is 24.8 Å². The Kier molecular flexibility index (Phi) is 3.72. The van der Waals surface area contributed by atoms with Gasteiger partial charge < -0.3 is 4.79 Å². The molecular weight excluding hydrogens is 212 g/mol. The number of Topliss-reactive ketones (excluding diaryl/α,β-unsaturated/α-hetero) is 1. The lowest BCUT2D eigenvalue weighted by atomic mass is 9.66. The van der Waals surface area contributed by atoms with Crippen LogP contribution in [0.15, 0.2) is 30.3 Å². The van der Waals surface area contributed by atoms with Crippen LogP contribution >= 0.6 is 0 Å². The third kappa shape index (κ3) is 2.31. The normalized spacial score (nSPS) is 24.6. The third-order valence-electron chi connectivity index (χ3n) is 3.81. The number of hydrogen-bond donors (Lipinski definition) is 0. The van der Waals surface area contributed by atoms with E-state index in [0.717, 1.165) is 31.1 Å². The van der Waals surface area contributed by atoms with Gasteiger partial charge in [0.2, 0.25) is 0 Å². The van der Waals surface area contributed by atoms with Crippen molar-refractivity contribution < 1.29 is 9.59 Å². The predicted octanol–water partition coefficient (Wildman–Crippen LogP) is 3.05. The zero-order valence-electron chi connectivity index (χ0n) is 10.0. The van der Waals surface area contributed by atoms with Crippen LogP contribution in [-0.2, 0) is 15.0 Å². The standard InChI is InChI=1S/C15H18O2/c16-12-6-11-15(10-5-4-9-14(15)17)13-7-2-1-3-8-13/h1-3,7-8,12H,4-6,9-11H2/t15-/m0/s1. The second kappa shape index (κ2) is 5.26. The first kappa shape index (κ1) is 12.0. The van der Waals surface area contributed by atoms with Crippen molar-refractivity contribution in [3.8, 4) is 0 Å². The fourth-order valence-corrected chi connectivity index (χ4v) is 2.87. The summed E-state index contributed by atoms with van der Waals surface area (Å²) in [6.45, 7) is 0. The van der Waals surface area contributed by atoms with Crippen molar-refractivity contribution in [2.75, 3.05) is 0 Å². The number of rotatable bonds is 4. The van der Waals surface area contributed by atoms with Crippen LogP contribution in [0.2, 0.25) is 0 Å². The van der Waals surface area contributed by atoms with Gasteiger partial charge in [0, 0.05) is 12.8 Å². The van der Waals surface area contributed by atoms with E-state index >= 15 is 0 Å². The Morgan fingerprint density at radius 1 is 1.18 bits per heavy atom. The maximum atomic E-state index is 12.3. The number of carbonyl (C=O) groups is 2. The highest BCUT2D eigenvalue weighted by Gasteiger charge is 2.40. The minimum atomic E-state index is -0.388. The largest absolute Gasteiger partial charge is 0.303 e. The molecule has 1 fully saturated rings. The highest BCUT2D eigenvalue weighted by Crippen LogP contribution is 2.40. The van der Waals surface area contributed by atoms with E-state index in [1.165, 1.54) is 0 Å². The second-order valence-corrected chi connectivity index (χ2v) is 4.78. The Morgan fingerprint density at radius 3 is 2.59 bits per heavy atom. The van der Waals surface area contributed by atoms with Gasteiger partial charge in [0.15, 0.2) is 0 Å². The van der Waals surface area contributed by atoms with Crippen LogP contribution in [0.3, 0.4) is 0 Å². The first-order valence-corrected chi connectivity index (χ1v) is 6.32. The minimum absolute atomic E-state index is 0.316. The molecule has 0 N–H and O–H groups in total. The summed E-state index contributed by atoms with van der Waals surface area (Å²) < 4.78 is 0. The summed E-state index contributed by atoms with van der Waals surface area (Å²) in [6, 6.07) is 9.95. The van der Waals surface area contributed by atoms with E-state index in [9.17, 15) is 9.59 Å².